The first-order valence-electron chi connectivity index (χ1n) is 10.2. The van der Waals surface area contributed by atoms with E-state index in [1.807, 2.05) is 49.3 Å². The van der Waals surface area contributed by atoms with Crippen molar-refractivity contribution in [2.45, 2.75) is 25.8 Å². The molecule has 0 N–H and O–H groups in total. The van der Waals surface area contributed by atoms with Crippen molar-refractivity contribution in [3.8, 4) is 5.75 Å². The van der Waals surface area contributed by atoms with Crippen LogP contribution in [0, 0.1) is 0 Å². The highest BCUT2D eigenvalue weighted by molar-refractivity contribution is 5.73. The Morgan fingerprint density at radius 2 is 1.77 bits per heavy atom. The van der Waals surface area contributed by atoms with Crippen molar-refractivity contribution in [2.75, 3.05) is 32.6 Å². The monoisotopic (exact) mass is 406 g/mol. The maximum Gasteiger partial charge on any atom is 0.219 e. The zero-order valence-electron chi connectivity index (χ0n) is 18.2. The second-order valence-corrected chi connectivity index (χ2v) is 7.60. The molecule has 1 unspecified atom stereocenters. The fourth-order valence-electron chi connectivity index (χ4n) is 3.65. The van der Waals surface area contributed by atoms with Crippen LogP contribution in [0.5, 0.6) is 5.75 Å². The van der Waals surface area contributed by atoms with Crippen LogP contribution in [-0.2, 0) is 11.3 Å². The van der Waals surface area contributed by atoms with Gasteiger partial charge in [-0.1, -0.05) is 30.3 Å². The second-order valence-electron chi connectivity index (χ2n) is 7.60. The molecule has 1 atom stereocenters. The van der Waals surface area contributed by atoms with Gasteiger partial charge >= 0.3 is 0 Å². The first kappa shape index (κ1) is 21.5. The summed E-state index contributed by atoms with van der Waals surface area (Å²) in [5, 5.41) is 0. The number of ether oxygens (including phenoxy) is 1. The van der Waals surface area contributed by atoms with Crippen LogP contribution in [0.3, 0.4) is 0 Å². The van der Waals surface area contributed by atoms with E-state index in [1.54, 1.807) is 20.3 Å². The zero-order valence-corrected chi connectivity index (χ0v) is 18.2. The molecule has 0 aliphatic heterocycles. The highest BCUT2D eigenvalue weighted by Crippen LogP contribution is 2.34. The lowest BCUT2D eigenvalue weighted by molar-refractivity contribution is -0.129. The van der Waals surface area contributed by atoms with E-state index in [4.69, 9.17) is 9.15 Å². The SMILES string of the molecule is COc1ccccc1C(CCN(Cc1ccc(N(C)C)cc1)C(C)=O)c1ccco1. The number of benzene rings is 2. The van der Waals surface area contributed by atoms with E-state index in [-0.39, 0.29) is 11.8 Å². The minimum Gasteiger partial charge on any atom is -0.496 e. The number of hydrogen-bond acceptors (Lipinski definition) is 4. The van der Waals surface area contributed by atoms with E-state index in [1.165, 1.54) is 0 Å². The molecule has 30 heavy (non-hydrogen) atoms. The Labute approximate surface area is 178 Å². The van der Waals surface area contributed by atoms with Gasteiger partial charge in [-0.15, -0.1) is 0 Å². The van der Waals surface area contributed by atoms with Crippen LogP contribution in [-0.4, -0.2) is 38.6 Å². The number of nitrogens with zero attached hydrogens (tertiary/aromatic N) is 2. The third kappa shape index (κ3) is 5.23. The van der Waals surface area contributed by atoms with Gasteiger partial charge in [0.15, 0.2) is 0 Å². The average molecular weight is 407 g/mol. The van der Waals surface area contributed by atoms with Gasteiger partial charge in [-0.2, -0.15) is 0 Å². The van der Waals surface area contributed by atoms with Crippen molar-refractivity contribution in [1.82, 2.24) is 4.90 Å². The van der Waals surface area contributed by atoms with Gasteiger partial charge in [0.05, 0.1) is 13.4 Å². The Morgan fingerprint density at radius 1 is 1.03 bits per heavy atom. The van der Waals surface area contributed by atoms with Gasteiger partial charge < -0.3 is 19.0 Å². The predicted molar refractivity (Wildman–Crippen MR) is 120 cm³/mol. The van der Waals surface area contributed by atoms with Crippen LogP contribution in [0.4, 0.5) is 5.69 Å². The Morgan fingerprint density at radius 3 is 2.37 bits per heavy atom. The van der Waals surface area contributed by atoms with Crippen molar-refractivity contribution in [1.29, 1.82) is 0 Å². The van der Waals surface area contributed by atoms with Gasteiger partial charge in [0.25, 0.3) is 0 Å². The summed E-state index contributed by atoms with van der Waals surface area (Å²) in [5.41, 5.74) is 3.32. The Hall–Kier alpha value is -3.21. The summed E-state index contributed by atoms with van der Waals surface area (Å²) in [5.74, 6) is 1.77. The molecule has 158 valence electrons. The van der Waals surface area contributed by atoms with Crippen molar-refractivity contribution in [3.63, 3.8) is 0 Å². The first-order chi connectivity index (χ1) is 14.5. The molecule has 1 heterocycles. The summed E-state index contributed by atoms with van der Waals surface area (Å²) in [7, 11) is 5.71. The summed E-state index contributed by atoms with van der Waals surface area (Å²) in [6, 6.07) is 20.2. The molecule has 3 rings (SSSR count). The standard InChI is InChI=1S/C25H30N2O3/c1-19(28)27(18-20-11-13-21(14-12-20)26(2)3)16-15-23(25-10-7-17-30-25)22-8-5-6-9-24(22)29-4/h5-14,17,23H,15-16,18H2,1-4H3. The normalized spacial score (nSPS) is 11.7. The fourth-order valence-corrected chi connectivity index (χ4v) is 3.65. The van der Waals surface area contributed by atoms with E-state index in [2.05, 4.69) is 35.2 Å². The summed E-state index contributed by atoms with van der Waals surface area (Å²) in [6.45, 7) is 2.83. The van der Waals surface area contributed by atoms with E-state index < -0.39 is 0 Å². The molecule has 2 aromatic carbocycles. The summed E-state index contributed by atoms with van der Waals surface area (Å²) < 4.78 is 11.3. The van der Waals surface area contributed by atoms with Crippen molar-refractivity contribution < 1.29 is 13.9 Å². The van der Waals surface area contributed by atoms with Crippen LogP contribution in [0.1, 0.15) is 36.1 Å². The summed E-state index contributed by atoms with van der Waals surface area (Å²) in [4.78, 5) is 16.3. The smallest absolute Gasteiger partial charge is 0.219 e. The molecule has 0 bridgehead atoms. The fraction of sp³-hybridized carbons (Fsp3) is 0.320. The van der Waals surface area contributed by atoms with Crippen LogP contribution in [0.2, 0.25) is 0 Å². The van der Waals surface area contributed by atoms with Gasteiger partial charge in [-0.3, -0.25) is 4.79 Å². The topological polar surface area (TPSA) is 45.9 Å². The lowest BCUT2D eigenvalue weighted by Gasteiger charge is -2.25. The molecule has 0 aliphatic carbocycles. The minimum absolute atomic E-state index is 0.00844. The molecule has 0 spiro atoms. The van der Waals surface area contributed by atoms with Gasteiger partial charge in [0, 0.05) is 51.3 Å². The molecular weight excluding hydrogens is 376 g/mol. The number of methoxy groups -OCH3 is 1. The molecule has 3 aromatic rings. The predicted octanol–water partition coefficient (Wildman–Crippen LogP) is 4.92. The Balaban J connectivity index is 1.77. The lowest BCUT2D eigenvalue weighted by atomic mass is 9.92. The van der Waals surface area contributed by atoms with Crippen LogP contribution in [0.25, 0.3) is 0 Å². The Bertz CT molecular complexity index is 933. The number of carbonyl (C=O) groups excluding carboxylic acids is 1. The molecule has 0 radical (unpaired) electrons. The highest BCUT2D eigenvalue weighted by atomic mass is 16.5. The number of para-hydroxylation sites is 1. The second kappa shape index (κ2) is 10.0. The maximum absolute atomic E-state index is 12.4. The minimum atomic E-state index is 0.00844. The number of anilines is 1. The third-order valence-electron chi connectivity index (χ3n) is 5.36. The van der Waals surface area contributed by atoms with Gasteiger partial charge in [-0.05, 0) is 42.3 Å². The van der Waals surface area contributed by atoms with Crippen LogP contribution in [0.15, 0.2) is 71.3 Å². The molecule has 5 heteroatoms. The Kier molecular flexibility index (Phi) is 7.17. The molecule has 0 saturated heterocycles. The first-order valence-corrected chi connectivity index (χ1v) is 10.2. The average Bonchev–Trinajstić information content (AvgIpc) is 3.28. The largest absolute Gasteiger partial charge is 0.496 e. The third-order valence-corrected chi connectivity index (χ3v) is 5.36. The zero-order chi connectivity index (χ0) is 21.5. The van der Waals surface area contributed by atoms with Gasteiger partial charge in [-0.25, -0.2) is 0 Å². The number of amides is 1. The molecule has 0 aliphatic rings. The van der Waals surface area contributed by atoms with E-state index in [9.17, 15) is 4.79 Å². The van der Waals surface area contributed by atoms with Gasteiger partial charge in [0.2, 0.25) is 5.91 Å². The molecule has 0 fully saturated rings. The molecule has 0 saturated carbocycles. The summed E-state index contributed by atoms with van der Waals surface area (Å²) >= 11 is 0. The number of rotatable bonds is 9. The number of carbonyl (C=O) groups is 1. The quantitative estimate of drug-likeness (QED) is 0.506. The van der Waals surface area contributed by atoms with E-state index in [0.29, 0.717) is 13.1 Å². The maximum atomic E-state index is 12.4. The van der Waals surface area contributed by atoms with E-state index >= 15 is 0 Å². The van der Waals surface area contributed by atoms with Gasteiger partial charge in [0.1, 0.15) is 11.5 Å². The van der Waals surface area contributed by atoms with E-state index in [0.717, 1.165) is 34.7 Å². The van der Waals surface area contributed by atoms with Crippen molar-refractivity contribution in [3.05, 3.63) is 83.8 Å². The number of furan rings is 1. The summed E-state index contributed by atoms with van der Waals surface area (Å²) in [6.07, 6.45) is 2.43. The molecule has 5 nitrogen and oxygen atoms in total. The highest BCUT2D eigenvalue weighted by Gasteiger charge is 2.22. The van der Waals surface area contributed by atoms with Crippen LogP contribution >= 0.6 is 0 Å². The van der Waals surface area contributed by atoms with Crippen molar-refractivity contribution >= 4 is 11.6 Å². The molecule has 1 amide bonds. The molecule has 1 aromatic heterocycles. The lowest BCUT2D eigenvalue weighted by Crippen LogP contribution is -2.30. The number of hydrogen-bond donors (Lipinski definition) is 0. The molecular formula is C25H30N2O3. The van der Waals surface area contributed by atoms with Crippen LogP contribution < -0.4 is 9.64 Å². The van der Waals surface area contributed by atoms with Crippen molar-refractivity contribution in [2.24, 2.45) is 0 Å².